The molecule has 0 aliphatic carbocycles. The van der Waals surface area contributed by atoms with Crippen LogP contribution in [0.15, 0.2) is 23.3 Å². The molecule has 0 aliphatic heterocycles. The van der Waals surface area contributed by atoms with Crippen LogP contribution in [0.4, 0.5) is 5.00 Å². The van der Waals surface area contributed by atoms with E-state index >= 15 is 0 Å². The molecule has 2 amide bonds. The van der Waals surface area contributed by atoms with Crippen molar-refractivity contribution in [2.75, 3.05) is 11.9 Å². The number of hydrogen-bond acceptors (Lipinski definition) is 7. The lowest BCUT2D eigenvalue weighted by Gasteiger charge is -2.05. The van der Waals surface area contributed by atoms with Crippen molar-refractivity contribution < 1.29 is 19.4 Å². The Hall–Kier alpha value is -3.38. The summed E-state index contributed by atoms with van der Waals surface area (Å²) in [5, 5.41) is 25.8. The van der Waals surface area contributed by atoms with E-state index in [2.05, 4.69) is 15.8 Å². The molecule has 3 N–H and O–H groups in total. The number of anilines is 1. The van der Waals surface area contributed by atoms with E-state index in [9.17, 15) is 20.0 Å². The fourth-order valence-corrected chi connectivity index (χ4v) is 3.31. The molecule has 0 saturated carbocycles. The second-order valence-corrected chi connectivity index (χ2v) is 6.43. The van der Waals surface area contributed by atoms with E-state index in [0.717, 1.165) is 11.3 Å². The van der Waals surface area contributed by atoms with Gasteiger partial charge in [0, 0.05) is 6.92 Å². The summed E-state index contributed by atoms with van der Waals surface area (Å²) in [6.07, 6.45) is 1.37. The number of nitriles is 1. The first kappa shape index (κ1) is 19.9. The summed E-state index contributed by atoms with van der Waals surface area (Å²) in [4.78, 5) is 23.8. The summed E-state index contributed by atoms with van der Waals surface area (Å²) >= 11 is 1.01. The number of thiophene rings is 1. The summed E-state index contributed by atoms with van der Waals surface area (Å²) in [6, 6.07) is 6.73. The fraction of sp³-hybridized carbons (Fsp3) is 0.222. The van der Waals surface area contributed by atoms with Crippen LogP contribution in [-0.4, -0.2) is 29.7 Å². The second-order valence-electron chi connectivity index (χ2n) is 5.41. The van der Waals surface area contributed by atoms with Gasteiger partial charge in [0.2, 0.25) is 5.91 Å². The number of rotatable bonds is 6. The molecule has 0 radical (unpaired) electrons. The molecule has 0 unspecified atom stereocenters. The number of amides is 2. The molecule has 2 rings (SSSR count). The molecule has 0 spiro atoms. The van der Waals surface area contributed by atoms with E-state index in [1.165, 1.54) is 19.2 Å². The molecule has 8 nitrogen and oxygen atoms in total. The van der Waals surface area contributed by atoms with Crippen molar-refractivity contribution in [2.24, 2.45) is 5.10 Å². The Morgan fingerprint density at radius 2 is 2.19 bits per heavy atom. The number of carbonyl (C=O) groups excluding carboxylic acids is 2. The Kier molecular flexibility index (Phi) is 6.51. The van der Waals surface area contributed by atoms with Gasteiger partial charge in [0.15, 0.2) is 11.5 Å². The fourth-order valence-electron chi connectivity index (χ4n) is 2.22. The molecule has 0 bridgehead atoms. The van der Waals surface area contributed by atoms with Crippen molar-refractivity contribution in [3.8, 4) is 17.6 Å². The zero-order valence-corrected chi connectivity index (χ0v) is 15.8. The zero-order valence-electron chi connectivity index (χ0n) is 15.0. The predicted molar refractivity (Wildman–Crippen MR) is 102 cm³/mol. The maximum absolute atomic E-state index is 12.3. The van der Waals surface area contributed by atoms with E-state index in [4.69, 9.17) is 4.74 Å². The predicted octanol–water partition coefficient (Wildman–Crippen LogP) is 2.75. The Labute approximate surface area is 160 Å². The Bertz CT molecular complexity index is 944. The highest BCUT2D eigenvalue weighted by Crippen LogP contribution is 2.32. The average Bonchev–Trinajstić information content (AvgIpc) is 2.92. The van der Waals surface area contributed by atoms with Gasteiger partial charge < -0.3 is 15.2 Å². The van der Waals surface area contributed by atoms with Gasteiger partial charge in [-0.3, -0.25) is 9.59 Å². The van der Waals surface area contributed by atoms with Gasteiger partial charge >= 0.3 is 0 Å². The molecule has 1 aromatic carbocycles. The van der Waals surface area contributed by atoms with E-state index in [1.807, 2.05) is 13.0 Å². The minimum absolute atomic E-state index is 0.0279. The lowest BCUT2D eigenvalue weighted by Crippen LogP contribution is -2.17. The minimum atomic E-state index is -0.503. The summed E-state index contributed by atoms with van der Waals surface area (Å²) in [5.74, 6) is -0.493. The van der Waals surface area contributed by atoms with Gasteiger partial charge in [-0.05, 0) is 43.2 Å². The Morgan fingerprint density at radius 1 is 1.44 bits per heavy atom. The number of phenols is 1. The molecule has 2 aromatic rings. The van der Waals surface area contributed by atoms with Crippen LogP contribution in [0.1, 0.15) is 40.2 Å². The molecule has 0 atom stereocenters. The van der Waals surface area contributed by atoms with E-state index in [1.54, 1.807) is 19.1 Å². The molecule has 0 fully saturated rings. The smallest absolute Gasteiger partial charge is 0.281 e. The highest BCUT2D eigenvalue weighted by molar-refractivity contribution is 7.18. The minimum Gasteiger partial charge on any atom is -0.504 e. The van der Waals surface area contributed by atoms with Crippen molar-refractivity contribution >= 4 is 34.4 Å². The van der Waals surface area contributed by atoms with Crippen molar-refractivity contribution in [1.82, 2.24) is 5.43 Å². The number of hydrazone groups is 1. The maximum Gasteiger partial charge on any atom is 0.281 e. The van der Waals surface area contributed by atoms with Gasteiger partial charge in [-0.2, -0.15) is 10.4 Å². The molecule has 0 aliphatic rings. The first-order valence-electron chi connectivity index (χ1n) is 7.97. The summed E-state index contributed by atoms with van der Waals surface area (Å²) in [6.45, 7) is 5.20. The number of phenolic OH excluding ortho intramolecular Hbond substituents is 1. The summed E-state index contributed by atoms with van der Waals surface area (Å²) in [5.41, 5.74) is 3.66. The van der Waals surface area contributed by atoms with Gasteiger partial charge in [-0.25, -0.2) is 5.43 Å². The van der Waals surface area contributed by atoms with Crippen molar-refractivity contribution in [1.29, 1.82) is 5.26 Å². The molecule has 1 aromatic heterocycles. The van der Waals surface area contributed by atoms with Crippen molar-refractivity contribution in [2.45, 2.75) is 20.8 Å². The molecule has 9 heteroatoms. The molecular formula is C18H18N4O4S. The first-order valence-corrected chi connectivity index (χ1v) is 8.79. The molecule has 27 heavy (non-hydrogen) atoms. The number of ether oxygens (including phenoxy) is 1. The number of benzene rings is 1. The van der Waals surface area contributed by atoms with E-state index < -0.39 is 5.91 Å². The summed E-state index contributed by atoms with van der Waals surface area (Å²) < 4.78 is 5.24. The number of nitrogens with zero attached hydrogens (tertiary/aromatic N) is 2. The molecule has 140 valence electrons. The standard InChI is InChI=1S/C18H18N4O4S/c1-4-26-15-6-5-12(7-14(15)24)9-20-22-17(25)16-10(2)13(8-19)18(27-16)21-11(3)23/h5-7,9,24H,4H2,1-3H3,(H,21,23)(H,22,25)/b20-9-. The SMILES string of the molecule is CCOc1ccc(/C=N\NC(=O)c2sc(NC(C)=O)c(C#N)c2C)cc1O. The van der Waals surface area contributed by atoms with Crippen LogP contribution >= 0.6 is 11.3 Å². The van der Waals surface area contributed by atoms with E-state index in [-0.39, 0.29) is 22.1 Å². The number of hydrogen-bond donors (Lipinski definition) is 3. The van der Waals surface area contributed by atoms with Crippen molar-refractivity contribution in [3.05, 3.63) is 39.8 Å². The normalized spacial score (nSPS) is 10.4. The third-order valence-corrected chi connectivity index (χ3v) is 4.62. The van der Waals surface area contributed by atoms with Gasteiger partial charge in [0.1, 0.15) is 15.9 Å². The van der Waals surface area contributed by atoms with Crippen LogP contribution < -0.4 is 15.5 Å². The Morgan fingerprint density at radius 3 is 2.78 bits per heavy atom. The van der Waals surface area contributed by atoms with Crippen LogP contribution in [0, 0.1) is 18.3 Å². The second kappa shape index (κ2) is 8.82. The quantitative estimate of drug-likeness (QED) is 0.520. The average molecular weight is 386 g/mol. The van der Waals surface area contributed by atoms with Gasteiger partial charge in [0.05, 0.1) is 18.4 Å². The lowest BCUT2D eigenvalue weighted by atomic mass is 10.1. The summed E-state index contributed by atoms with van der Waals surface area (Å²) in [7, 11) is 0. The van der Waals surface area contributed by atoms with Crippen LogP contribution in [-0.2, 0) is 4.79 Å². The number of carbonyl (C=O) groups is 2. The third kappa shape index (κ3) is 4.83. The van der Waals surface area contributed by atoms with Gasteiger partial charge in [-0.15, -0.1) is 11.3 Å². The molecule has 0 saturated heterocycles. The topological polar surface area (TPSA) is 124 Å². The largest absolute Gasteiger partial charge is 0.504 e. The lowest BCUT2D eigenvalue weighted by molar-refractivity contribution is -0.114. The van der Waals surface area contributed by atoms with Crippen LogP contribution in [0.3, 0.4) is 0 Å². The van der Waals surface area contributed by atoms with E-state index in [0.29, 0.717) is 28.5 Å². The van der Waals surface area contributed by atoms with Gasteiger partial charge in [-0.1, -0.05) is 0 Å². The van der Waals surface area contributed by atoms with Crippen LogP contribution in [0.2, 0.25) is 0 Å². The van der Waals surface area contributed by atoms with Crippen LogP contribution in [0.5, 0.6) is 11.5 Å². The van der Waals surface area contributed by atoms with Crippen molar-refractivity contribution in [3.63, 3.8) is 0 Å². The van der Waals surface area contributed by atoms with Gasteiger partial charge in [0.25, 0.3) is 5.91 Å². The molecule has 1 heterocycles. The number of aromatic hydroxyl groups is 1. The highest BCUT2D eigenvalue weighted by Gasteiger charge is 2.20. The maximum atomic E-state index is 12.3. The van der Waals surface area contributed by atoms with Crippen LogP contribution in [0.25, 0.3) is 0 Å². The highest BCUT2D eigenvalue weighted by atomic mass is 32.1. The Balaban J connectivity index is 2.13. The number of nitrogens with one attached hydrogen (secondary N) is 2. The third-order valence-electron chi connectivity index (χ3n) is 3.42. The first-order chi connectivity index (χ1) is 12.9. The zero-order chi connectivity index (χ0) is 20.0. The monoisotopic (exact) mass is 386 g/mol. The molecular weight excluding hydrogens is 368 g/mol.